The molecule has 5 heteroatoms. The Morgan fingerprint density at radius 1 is 1.48 bits per heavy atom. The number of likely N-dealkylation sites (tertiary alicyclic amines) is 1. The van der Waals surface area contributed by atoms with Gasteiger partial charge in [-0.15, -0.1) is 0 Å². The molecule has 0 amide bonds. The van der Waals surface area contributed by atoms with Crippen LogP contribution in [0.4, 0.5) is 4.39 Å². The minimum absolute atomic E-state index is 0.215. The normalized spacial score (nSPS) is 19.9. The van der Waals surface area contributed by atoms with Crippen molar-refractivity contribution < 1.29 is 9.50 Å². The van der Waals surface area contributed by atoms with Crippen LogP contribution in [0.2, 0.25) is 5.02 Å². The van der Waals surface area contributed by atoms with Crippen LogP contribution in [-0.4, -0.2) is 42.8 Å². The van der Waals surface area contributed by atoms with Gasteiger partial charge < -0.3 is 15.3 Å². The molecule has 0 spiro atoms. The third-order valence-electron chi connectivity index (χ3n) is 4.15. The molecule has 1 aromatic rings. The van der Waals surface area contributed by atoms with Crippen molar-refractivity contribution >= 4 is 11.6 Å². The van der Waals surface area contributed by atoms with Gasteiger partial charge in [0.25, 0.3) is 0 Å². The van der Waals surface area contributed by atoms with Crippen LogP contribution in [-0.2, 0) is 6.54 Å². The van der Waals surface area contributed by atoms with Crippen LogP contribution < -0.4 is 5.32 Å². The van der Waals surface area contributed by atoms with Crippen molar-refractivity contribution in [3.8, 4) is 0 Å². The Morgan fingerprint density at radius 2 is 2.29 bits per heavy atom. The number of nitrogens with one attached hydrogen (secondary N) is 1. The lowest BCUT2D eigenvalue weighted by Gasteiger charge is -2.31. The quantitative estimate of drug-likeness (QED) is 0.792. The number of aliphatic hydroxyl groups excluding tert-OH is 1. The van der Waals surface area contributed by atoms with Crippen molar-refractivity contribution in [2.75, 3.05) is 32.8 Å². The number of hydrogen-bond donors (Lipinski definition) is 2. The van der Waals surface area contributed by atoms with E-state index in [0.29, 0.717) is 28.6 Å². The van der Waals surface area contributed by atoms with E-state index in [4.69, 9.17) is 11.6 Å². The van der Waals surface area contributed by atoms with E-state index in [9.17, 15) is 9.50 Å². The first-order valence-corrected chi connectivity index (χ1v) is 7.97. The highest BCUT2D eigenvalue weighted by atomic mass is 35.5. The molecule has 0 bridgehead atoms. The van der Waals surface area contributed by atoms with Gasteiger partial charge in [-0.25, -0.2) is 4.39 Å². The van der Waals surface area contributed by atoms with Gasteiger partial charge in [0.1, 0.15) is 5.82 Å². The standard InChI is InChI=1S/C16H24ClFN2O/c1-12-4-5-15(17)14(16(12)18)9-19-6-8-20-7-2-3-13(10-20)11-21/h4-5,13,19,21H,2-3,6-11H2,1H3. The molecule has 1 heterocycles. The van der Waals surface area contributed by atoms with Crippen LogP contribution in [0.1, 0.15) is 24.0 Å². The zero-order chi connectivity index (χ0) is 15.2. The van der Waals surface area contributed by atoms with Gasteiger partial charge in [-0.3, -0.25) is 0 Å². The summed E-state index contributed by atoms with van der Waals surface area (Å²) in [5, 5.41) is 13.0. The lowest BCUT2D eigenvalue weighted by Crippen LogP contribution is -2.40. The summed E-state index contributed by atoms with van der Waals surface area (Å²) in [6, 6.07) is 3.44. The Hall–Kier alpha value is -0.680. The van der Waals surface area contributed by atoms with E-state index in [1.807, 2.05) is 0 Å². The van der Waals surface area contributed by atoms with E-state index in [1.54, 1.807) is 19.1 Å². The minimum Gasteiger partial charge on any atom is -0.396 e. The van der Waals surface area contributed by atoms with Gasteiger partial charge in [0.2, 0.25) is 0 Å². The van der Waals surface area contributed by atoms with E-state index < -0.39 is 0 Å². The summed E-state index contributed by atoms with van der Waals surface area (Å²) in [4.78, 5) is 2.35. The Labute approximate surface area is 131 Å². The number of halogens is 2. The molecule has 118 valence electrons. The second kappa shape index (κ2) is 8.08. The van der Waals surface area contributed by atoms with E-state index in [-0.39, 0.29) is 12.4 Å². The summed E-state index contributed by atoms with van der Waals surface area (Å²) in [7, 11) is 0. The Balaban J connectivity index is 1.76. The molecular formula is C16H24ClFN2O. The number of rotatable bonds is 6. The van der Waals surface area contributed by atoms with Gasteiger partial charge in [0.05, 0.1) is 0 Å². The van der Waals surface area contributed by atoms with Crippen LogP contribution in [0.25, 0.3) is 0 Å². The van der Waals surface area contributed by atoms with E-state index in [2.05, 4.69) is 10.2 Å². The van der Waals surface area contributed by atoms with E-state index in [0.717, 1.165) is 39.0 Å². The highest BCUT2D eigenvalue weighted by Crippen LogP contribution is 2.21. The fourth-order valence-corrected chi connectivity index (χ4v) is 3.04. The van der Waals surface area contributed by atoms with Crippen LogP contribution in [0.5, 0.6) is 0 Å². The highest BCUT2D eigenvalue weighted by Gasteiger charge is 2.18. The fraction of sp³-hybridized carbons (Fsp3) is 0.625. The summed E-state index contributed by atoms with van der Waals surface area (Å²) in [5.41, 5.74) is 1.17. The first-order chi connectivity index (χ1) is 10.1. The zero-order valence-electron chi connectivity index (χ0n) is 12.5. The zero-order valence-corrected chi connectivity index (χ0v) is 13.3. The summed E-state index contributed by atoms with van der Waals surface area (Å²) >= 11 is 6.05. The average Bonchev–Trinajstić information content (AvgIpc) is 2.50. The minimum atomic E-state index is -0.215. The molecule has 0 aromatic heterocycles. The lowest BCUT2D eigenvalue weighted by atomic mass is 9.99. The van der Waals surface area contributed by atoms with Crippen LogP contribution >= 0.6 is 11.6 Å². The van der Waals surface area contributed by atoms with E-state index in [1.165, 1.54) is 0 Å². The summed E-state index contributed by atoms with van der Waals surface area (Å²) < 4.78 is 14.0. The molecule has 2 N–H and O–H groups in total. The van der Waals surface area contributed by atoms with Crippen molar-refractivity contribution in [1.82, 2.24) is 10.2 Å². The van der Waals surface area contributed by atoms with Gasteiger partial charge in [-0.05, 0) is 43.9 Å². The van der Waals surface area contributed by atoms with Crippen molar-refractivity contribution in [3.05, 3.63) is 34.1 Å². The van der Waals surface area contributed by atoms with Gasteiger partial charge in [-0.2, -0.15) is 0 Å². The SMILES string of the molecule is Cc1ccc(Cl)c(CNCCN2CCCC(CO)C2)c1F. The van der Waals surface area contributed by atoms with Crippen molar-refractivity contribution in [2.45, 2.75) is 26.3 Å². The highest BCUT2D eigenvalue weighted by molar-refractivity contribution is 6.31. The van der Waals surface area contributed by atoms with Gasteiger partial charge in [0.15, 0.2) is 0 Å². The fourth-order valence-electron chi connectivity index (χ4n) is 2.83. The number of aryl methyl sites for hydroxylation is 1. The largest absolute Gasteiger partial charge is 0.396 e. The third-order valence-corrected chi connectivity index (χ3v) is 4.50. The molecule has 21 heavy (non-hydrogen) atoms. The smallest absolute Gasteiger partial charge is 0.132 e. The summed E-state index contributed by atoms with van der Waals surface area (Å²) in [6.45, 7) is 6.22. The maximum Gasteiger partial charge on any atom is 0.132 e. The van der Waals surface area contributed by atoms with Crippen LogP contribution in [0.3, 0.4) is 0 Å². The molecule has 3 nitrogen and oxygen atoms in total. The van der Waals surface area contributed by atoms with Crippen molar-refractivity contribution in [1.29, 1.82) is 0 Å². The van der Waals surface area contributed by atoms with Crippen molar-refractivity contribution in [3.63, 3.8) is 0 Å². The summed E-state index contributed by atoms with van der Waals surface area (Å²) in [6.07, 6.45) is 2.26. The summed E-state index contributed by atoms with van der Waals surface area (Å²) in [5.74, 6) is 0.190. The molecule has 2 rings (SSSR count). The molecule has 1 unspecified atom stereocenters. The van der Waals surface area contributed by atoms with Gasteiger partial charge in [0, 0.05) is 43.4 Å². The second-order valence-corrected chi connectivity index (χ2v) is 6.23. The van der Waals surface area contributed by atoms with Gasteiger partial charge in [-0.1, -0.05) is 17.7 Å². The van der Waals surface area contributed by atoms with Crippen molar-refractivity contribution in [2.24, 2.45) is 5.92 Å². The first kappa shape index (κ1) is 16.7. The average molecular weight is 315 g/mol. The van der Waals surface area contributed by atoms with Crippen LogP contribution in [0.15, 0.2) is 12.1 Å². The number of nitrogens with zero attached hydrogens (tertiary/aromatic N) is 1. The number of aliphatic hydroxyl groups is 1. The maximum absolute atomic E-state index is 14.0. The van der Waals surface area contributed by atoms with Crippen LogP contribution in [0, 0.1) is 18.7 Å². The molecule has 1 aliphatic rings. The molecule has 1 aromatic carbocycles. The molecule has 1 aliphatic heterocycles. The molecule has 0 saturated carbocycles. The third kappa shape index (κ3) is 4.65. The predicted molar refractivity (Wildman–Crippen MR) is 84.1 cm³/mol. The Morgan fingerprint density at radius 3 is 3.05 bits per heavy atom. The predicted octanol–water partition coefficient (Wildman–Crippen LogP) is 2.58. The van der Waals surface area contributed by atoms with Gasteiger partial charge >= 0.3 is 0 Å². The second-order valence-electron chi connectivity index (χ2n) is 5.83. The molecular weight excluding hydrogens is 291 g/mol. The monoisotopic (exact) mass is 314 g/mol. The van der Waals surface area contributed by atoms with E-state index >= 15 is 0 Å². The number of hydrogen-bond acceptors (Lipinski definition) is 3. The molecule has 1 saturated heterocycles. The number of benzene rings is 1. The molecule has 1 atom stereocenters. The first-order valence-electron chi connectivity index (χ1n) is 7.59. The molecule has 0 radical (unpaired) electrons. The molecule has 1 fully saturated rings. The Kier molecular flexibility index (Phi) is 6.42. The topological polar surface area (TPSA) is 35.5 Å². The number of piperidine rings is 1. The maximum atomic E-state index is 14.0. The molecule has 0 aliphatic carbocycles. The lowest BCUT2D eigenvalue weighted by molar-refractivity contribution is 0.121. The Bertz CT molecular complexity index is 470.